The number of hydrogen-bond acceptors (Lipinski definition) is 4. The van der Waals surface area contributed by atoms with Gasteiger partial charge in [-0.05, 0) is 27.2 Å². The first-order valence-electron chi connectivity index (χ1n) is 7.82. The van der Waals surface area contributed by atoms with Gasteiger partial charge in [0.2, 0.25) is 5.91 Å². The minimum absolute atomic E-state index is 0.0481. The molecule has 0 fully saturated rings. The summed E-state index contributed by atoms with van der Waals surface area (Å²) in [4.78, 5) is 29.9. The van der Waals surface area contributed by atoms with Gasteiger partial charge in [-0.3, -0.25) is 9.59 Å². The molecule has 0 unspecified atom stereocenters. The van der Waals surface area contributed by atoms with Gasteiger partial charge in [0.05, 0.1) is 6.33 Å². The van der Waals surface area contributed by atoms with E-state index in [1.165, 1.54) is 0 Å². The molecule has 1 rings (SSSR count). The molecule has 0 saturated heterocycles. The van der Waals surface area contributed by atoms with E-state index in [0.29, 0.717) is 19.4 Å². The average Bonchev–Trinajstić information content (AvgIpc) is 2.92. The van der Waals surface area contributed by atoms with Gasteiger partial charge < -0.3 is 15.0 Å². The second-order valence-electron chi connectivity index (χ2n) is 5.62. The number of nitrogens with one attached hydrogen (secondary N) is 2. The van der Waals surface area contributed by atoms with Crippen molar-refractivity contribution in [2.24, 2.45) is 0 Å². The summed E-state index contributed by atoms with van der Waals surface area (Å²) in [6.07, 6.45) is 5.17. The molecule has 0 radical (unpaired) electrons. The van der Waals surface area contributed by atoms with E-state index in [-0.39, 0.29) is 18.3 Å². The van der Waals surface area contributed by atoms with Crippen LogP contribution >= 0.6 is 0 Å². The van der Waals surface area contributed by atoms with Gasteiger partial charge in [0.15, 0.2) is 0 Å². The maximum Gasteiger partial charge on any atom is 0.306 e. The summed E-state index contributed by atoms with van der Waals surface area (Å²) in [5.41, 5.74) is 0.516. The van der Waals surface area contributed by atoms with Crippen molar-refractivity contribution in [1.29, 1.82) is 0 Å². The summed E-state index contributed by atoms with van der Waals surface area (Å²) in [5.74, 6) is -0.309. The Morgan fingerprint density at radius 1 is 1.27 bits per heavy atom. The van der Waals surface area contributed by atoms with Crippen LogP contribution in [0.4, 0.5) is 0 Å². The topological polar surface area (TPSA) is 84.1 Å². The van der Waals surface area contributed by atoms with Gasteiger partial charge >= 0.3 is 5.97 Å². The molecule has 0 saturated carbocycles. The van der Waals surface area contributed by atoms with Crippen molar-refractivity contribution in [2.75, 3.05) is 6.54 Å². The van der Waals surface area contributed by atoms with E-state index in [9.17, 15) is 9.59 Å². The highest BCUT2D eigenvalue weighted by molar-refractivity contribution is 5.77. The normalized spacial score (nSPS) is 10.4. The Labute approximate surface area is 133 Å². The predicted molar refractivity (Wildman–Crippen MR) is 86.3 cm³/mol. The van der Waals surface area contributed by atoms with E-state index in [0.717, 1.165) is 12.1 Å². The van der Waals surface area contributed by atoms with E-state index >= 15 is 0 Å². The molecule has 126 valence electrons. The Kier molecular flexibility index (Phi) is 9.91. The van der Waals surface area contributed by atoms with E-state index in [2.05, 4.69) is 15.3 Å². The molecule has 6 nitrogen and oxygen atoms in total. The molecule has 0 bridgehead atoms. The number of esters is 1. The number of aromatic amines is 1. The number of hydrogen-bond donors (Lipinski definition) is 2. The van der Waals surface area contributed by atoms with Crippen LogP contribution in [0.2, 0.25) is 0 Å². The Balaban J connectivity index is 0.00000211. The average molecular weight is 311 g/mol. The number of ether oxygens (including phenoxy) is 1. The Morgan fingerprint density at radius 2 is 1.95 bits per heavy atom. The van der Waals surface area contributed by atoms with Crippen LogP contribution in [-0.4, -0.2) is 34.0 Å². The van der Waals surface area contributed by atoms with Crippen molar-refractivity contribution >= 4 is 11.9 Å². The first-order valence-corrected chi connectivity index (χ1v) is 7.82. The molecule has 1 aromatic rings. The molecule has 22 heavy (non-hydrogen) atoms. The summed E-state index contributed by atoms with van der Waals surface area (Å²) in [7, 11) is 0. The quantitative estimate of drug-likeness (QED) is 0.758. The smallest absolute Gasteiger partial charge is 0.306 e. The fraction of sp³-hybridized carbons (Fsp3) is 0.688. The van der Waals surface area contributed by atoms with Crippen molar-refractivity contribution in [3.63, 3.8) is 0 Å². The van der Waals surface area contributed by atoms with Gasteiger partial charge in [-0.1, -0.05) is 13.8 Å². The van der Waals surface area contributed by atoms with Crippen molar-refractivity contribution in [2.45, 2.75) is 65.9 Å². The minimum atomic E-state index is -0.469. The van der Waals surface area contributed by atoms with Crippen LogP contribution in [0.5, 0.6) is 0 Å². The zero-order valence-electron chi connectivity index (χ0n) is 14.4. The highest BCUT2D eigenvalue weighted by Crippen LogP contribution is 2.09. The summed E-state index contributed by atoms with van der Waals surface area (Å²) >= 11 is 0. The summed E-state index contributed by atoms with van der Waals surface area (Å²) in [6, 6.07) is 0. The van der Waals surface area contributed by atoms with Crippen LogP contribution in [0.1, 0.15) is 59.6 Å². The SMILES string of the molecule is CC.CC(C)(C)OC(=O)CCCC(=O)NCCc1cnc[nH]1. The Bertz CT molecular complexity index is 422. The van der Waals surface area contributed by atoms with Crippen LogP contribution in [0, 0.1) is 0 Å². The number of amides is 1. The Hall–Kier alpha value is -1.85. The summed E-state index contributed by atoms with van der Waals surface area (Å²) in [5, 5.41) is 2.80. The molecule has 0 atom stereocenters. The molecular weight excluding hydrogens is 282 g/mol. The van der Waals surface area contributed by atoms with Crippen LogP contribution in [0.15, 0.2) is 12.5 Å². The number of aromatic nitrogens is 2. The van der Waals surface area contributed by atoms with Crippen molar-refractivity contribution < 1.29 is 14.3 Å². The highest BCUT2D eigenvalue weighted by atomic mass is 16.6. The molecule has 0 aliphatic heterocycles. The Morgan fingerprint density at radius 3 is 2.50 bits per heavy atom. The summed E-state index contributed by atoms with van der Waals surface area (Å²) < 4.78 is 5.17. The second-order valence-corrected chi connectivity index (χ2v) is 5.62. The third kappa shape index (κ3) is 10.9. The van der Waals surface area contributed by atoms with Gasteiger partial charge in [-0.15, -0.1) is 0 Å². The monoisotopic (exact) mass is 311 g/mol. The first-order chi connectivity index (χ1) is 10.4. The van der Waals surface area contributed by atoms with Gasteiger partial charge in [-0.2, -0.15) is 0 Å². The molecule has 2 N–H and O–H groups in total. The number of nitrogens with zero attached hydrogens (tertiary/aromatic N) is 1. The fourth-order valence-corrected chi connectivity index (χ4v) is 1.63. The first kappa shape index (κ1) is 20.1. The lowest BCUT2D eigenvalue weighted by Crippen LogP contribution is -2.26. The largest absolute Gasteiger partial charge is 0.460 e. The predicted octanol–water partition coefficient (Wildman–Crippen LogP) is 2.61. The molecule has 0 aliphatic rings. The zero-order chi connectivity index (χ0) is 17.0. The second kappa shape index (κ2) is 10.8. The molecule has 0 aromatic carbocycles. The lowest BCUT2D eigenvalue weighted by Gasteiger charge is -2.19. The van der Waals surface area contributed by atoms with Gasteiger partial charge in [-0.25, -0.2) is 4.98 Å². The third-order valence-electron chi connectivity index (χ3n) is 2.48. The van der Waals surface area contributed by atoms with Crippen molar-refractivity contribution in [3.8, 4) is 0 Å². The standard InChI is InChI=1S/C14H23N3O3.C2H6/c1-14(2,3)20-13(19)6-4-5-12(18)16-8-7-11-9-15-10-17-11;1-2/h9-10H,4-8H2,1-3H3,(H,15,17)(H,16,18);1-2H3. The number of carbonyl (C=O) groups excluding carboxylic acids is 2. The maximum atomic E-state index is 11.5. The third-order valence-corrected chi connectivity index (χ3v) is 2.48. The number of H-pyrrole nitrogens is 1. The number of imidazole rings is 1. The van der Waals surface area contributed by atoms with E-state index < -0.39 is 5.60 Å². The molecule has 0 spiro atoms. The molecule has 1 aromatic heterocycles. The van der Waals surface area contributed by atoms with E-state index in [1.807, 2.05) is 34.6 Å². The van der Waals surface area contributed by atoms with Crippen LogP contribution in [0.25, 0.3) is 0 Å². The van der Waals surface area contributed by atoms with Gasteiger partial charge in [0.1, 0.15) is 5.60 Å². The lowest BCUT2D eigenvalue weighted by atomic mass is 10.2. The van der Waals surface area contributed by atoms with Gasteiger partial charge in [0.25, 0.3) is 0 Å². The van der Waals surface area contributed by atoms with Crippen LogP contribution in [0.3, 0.4) is 0 Å². The van der Waals surface area contributed by atoms with E-state index in [4.69, 9.17) is 4.74 Å². The highest BCUT2D eigenvalue weighted by Gasteiger charge is 2.16. The van der Waals surface area contributed by atoms with Crippen molar-refractivity contribution in [1.82, 2.24) is 15.3 Å². The van der Waals surface area contributed by atoms with Gasteiger partial charge in [0, 0.05) is 37.7 Å². The molecule has 1 amide bonds. The zero-order valence-corrected chi connectivity index (χ0v) is 14.4. The summed E-state index contributed by atoms with van der Waals surface area (Å²) in [6.45, 7) is 10.0. The molecular formula is C16H29N3O3. The van der Waals surface area contributed by atoms with Crippen LogP contribution in [-0.2, 0) is 20.7 Å². The minimum Gasteiger partial charge on any atom is -0.460 e. The molecule has 1 heterocycles. The lowest BCUT2D eigenvalue weighted by molar-refractivity contribution is -0.154. The van der Waals surface area contributed by atoms with Crippen LogP contribution < -0.4 is 5.32 Å². The molecule has 6 heteroatoms. The molecule has 0 aliphatic carbocycles. The van der Waals surface area contributed by atoms with Crippen molar-refractivity contribution in [3.05, 3.63) is 18.2 Å². The number of rotatable bonds is 7. The maximum absolute atomic E-state index is 11.5. The van der Waals surface area contributed by atoms with E-state index in [1.54, 1.807) is 12.5 Å². The number of carbonyl (C=O) groups is 2. The fourth-order valence-electron chi connectivity index (χ4n) is 1.63.